The van der Waals surface area contributed by atoms with Crippen LogP contribution in [0, 0.1) is 0 Å². The Labute approximate surface area is 144 Å². The minimum atomic E-state index is -0.584. The summed E-state index contributed by atoms with van der Waals surface area (Å²) in [6.45, 7) is 1.64. The van der Waals surface area contributed by atoms with Gasteiger partial charge >= 0.3 is 0 Å². The van der Waals surface area contributed by atoms with E-state index in [-0.39, 0.29) is 30.7 Å². The Balaban J connectivity index is 0.00000121. The molecule has 1 saturated heterocycles. The minimum absolute atomic E-state index is 0. The number of H-pyrrole nitrogens is 1. The van der Waals surface area contributed by atoms with Crippen molar-refractivity contribution in [1.29, 1.82) is 0 Å². The van der Waals surface area contributed by atoms with Gasteiger partial charge in [-0.3, -0.25) is 9.89 Å². The monoisotopic (exact) mass is 348 g/mol. The minimum Gasteiger partial charge on any atom is -0.341 e. The molecule has 22 heavy (non-hydrogen) atoms. The van der Waals surface area contributed by atoms with E-state index in [0.29, 0.717) is 5.92 Å². The first-order valence-corrected chi connectivity index (χ1v) is 7.76. The van der Waals surface area contributed by atoms with Gasteiger partial charge in [0.25, 0.3) is 0 Å². The number of carbonyl (C=O) groups excluding carboxylic acids is 1. The molecule has 0 atom stereocenters. The van der Waals surface area contributed by atoms with Gasteiger partial charge in [-0.05, 0) is 31.7 Å². The fraction of sp³-hybridized carbons (Fsp3) is 0.733. The number of halogens is 2. The molecule has 126 valence electrons. The van der Waals surface area contributed by atoms with Crippen LogP contribution in [-0.2, 0) is 4.79 Å². The van der Waals surface area contributed by atoms with Crippen molar-refractivity contribution in [2.75, 3.05) is 13.1 Å². The van der Waals surface area contributed by atoms with Gasteiger partial charge in [-0.15, -0.1) is 24.8 Å². The number of amides is 1. The van der Waals surface area contributed by atoms with Gasteiger partial charge in [-0.1, -0.05) is 19.3 Å². The zero-order valence-corrected chi connectivity index (χ0v) is 14.4. The number of aromatic nitrogens is 2. The average Bonchev–Trinajstić information content (AvgIpc) is 3.02. The SMILES string of the molecule is Cl.Cl.NC1(C(=O)N2CCC(c3ccn[nH]3)CC2)CCCCC1. The molecule has 0 spiro atoms. The quantitative estimate of drug-likeness (QED) is 0.862. The molecule has 0 bridgehead atoms. The van der Waals surface area contributed by atoms with Crippen molar-refractivity contribution in [2.45, 2.75) is 56.4 Å². The van der Waals surface area contributed by atoms with Crippen molar-refractivity contribution in [3.63, 3.8) is 0 Å². The summed E-state index contributed by atoms with van der Waals surface area (Å²) in [6, 6.07) is 2.04. The topological polar surface area (TPSA) is 75.0 Å². The van der Waals surface area contributed by atoms with Gasteiger partial charge in [-0.25, -0.2) is 0 Å². The molecule has 2 aliphatic rings. The zero-order chi connectivity index (χ0) is 14.0. The summed E-state index contributed by atoms with van der Waals surface area (Å²) < 4.78 is 0. The number of likely N-dealkylation sites (tertiary alicyclic amines) is 1. The Morgan fingerprint density at radius 1 is 1.23 bits per heavy atom. The third-order valence-electron chi connectivity index (χ3n) is 4.92. The second-order valence-corrected chi connectivity index (χ2v) is 6.30. The van der Waals surface area contributed by atoms with Gasteiger partial charge in [0, 0.05) is 30.9 Å². The van der Waals surface area contributed by atoms with Gasteiger partial charge in [0.2, 0.25) is 5.91 Å². The van der Waals surface area contributed by atoms with Gasteiger partial charge in [0.15, 0.2) is 0 Å². The summed E-state index contributed by atoms with van der Waals surface area (Å²) in [6.07, 6.45) is 8.91. The normalized spacial score (nSPS) is 21.6. The third kappa shape index (κ3) is 3.94. The lowest BCUT2D eigenvalue weighted by Gasteiger charge is -2.39. The van der Waals surface area contributed by atoms with Crippen molar-refractivity contribution in [3.8, 4) is 0 Å². The third-order valence-corrected chi connectivity index (χ3v) is 4.92. The second-order valence-electron chi connectivity index (χ2n) is 6.30. The molecule has 1 amide bonds. The van der Waals surface area contributed by atoms with E-state index in [4.69, 9.17) is 5.73 Å². The van der Waals surface area contributed by atoms with Crippen LogP contribution in [0.2, 0.25) is 0 Å². The van der Waals surface area contributed by atoms with E-state index in [2.05, 4.69) is 10.2 Å². The van der Waals surface area contributed by atoms with Gasteiger partial charge < -0.3 is 10.6 Å². The number of nitrogens with zero attached hydrogens (tertiary/aromatic N) is 2. The fourth-order valence-corrected chi connectivity index (χ4v) is 3.60. The van der Waals surface area contributed by atoms with Gasteiger partial charge in [0.05, 0.1) is 5.54 Å². The van der Waals surface area contributed by atoms with E-state index in [1.807, 2.05) is 11.0 Å². The molecule has 5 nitrogen and oxygen atoms in total. The molecule has 3 rings (SSSR count). The Bertz CT molecular complexity index is 452. The van der Waals surface area contributed by atoms with E-state index in [1.165, 1.54) is 12.1 Å². The molecule has 0 radical (unpaired) electrons. The van der Waals surface area contributed by atoms with Crippen molar-refractivity contribution in [1.82, 2.24) is 15.1 Å². The predicted molar refractivity (Wildman–Crippen MR) is 91.6 cm³/mol. The van der Waals surface area contributed by atoms with Crippen LogP contribution < -0.4 is 5.73 Å². The highest BCUT2D eigenvalue weighted by Crippen LogP contribution is 2.31. The van der Waals surface area contributed by atoms with Gasteiger partial charge in [-0.2, -0.15) is 5.10 Å². The summed E-state index contributed by atoms with van der Waals surface area (Å²) in [4.78, 5) is 14.6. The molecule has 1 aliphatic heterocycles. The Hall–Kier alpha value is -0.780. The van der Waals surface area contributed by atoms with Crippen molar-refractivity contribution in [2.24, 2.45) is 5.73 Å². The number of nitrogens with two attached hydrogens (primary N) is 1. The highest BCUT2D eigenvalue weighted by Gasteiger charge is 2.39. The number of piperidine rings is 1. The lowest BCUT2D eigenvalue weighted by molar-refractivity contribution is -0.139. The van der Waals surface area contributed by atoms with Crippen molar-refractivity contribution < 1.29 is 4.79 Å². The first-order valence-electron chi connectivity index (χ1n) is 7.76. The molecule has 0 aromatic carbocycles. The second kappa shape index (κ2) is 8.18. The summed E-state index contributed by atoms with van der Waals surface area (Å²) in [5.74, 6) is 0.682. The van der Waals surface area contributed by atoms with Gasteiger partial charge in [0.1, 0.15) is 0 Å². The van der Waals surface area contributed by atoms with Crippen LogP contribution in [0.3, 0.4) is 0 Å². The summed E-state index contributed by atoms with van der Waals surface area (Å²) in [7, 11) is 0. The van der Waals surface area contributed by atoms with Crippen molar-refractivity contribution >= 4 is 30.7 Å². The van der Waals surface area contributed by atoms with Crippen LogP contribution in [0.4, 0.5) is 0 Å². The van der Waals surface area contributed by atoms with Crippen LogP contribution in [-0.4, -0.2) is 39.6 Å². The number of hydrogen-bond donors (Lipinski definition) is 2. The lowest BCUT2D eigenvalue weighted by atomic mass is 9.81. The first-order chi connectivity index (χ1) is 9.69. The first kappa shape index (κ1) is 19.3. The molecular formula is C15H26Cl2N4O. The highest BCUT2D eigenvalue weighted by atomic mass is 35.5. The Morgan fingerprint density at radius 3 is 2.41 bits per heavy atom. The van der Waals surface area contributed by atoms with Crippen LogP contribution >= 0.6 is 24.8 Å². The molecule has 2 fully saturated rings. The summed E-state index contributed by atoms with van der Waals surface area (Å²) in [5.41, 5.74) is 6.96. The molecule has 1 aromatic rings. The molecule has 0 unspecified atom stereocenters. The maximum absolute atomic E-state index is 12.6. The Kier molecular flexibility index (Phi) is 7.16. The van der Waals surface area contributed by atoms with Crippen LogP contribution in [0.15, 0.2) is 12.3 Å². The van der Waals surface area contributed by atoms with E-state index in [9.17, 15) is 4.79 Å². The summed E-state index contributed by atoms with van der Waals surface area (Å²) in [5, 5.41) is 7.05. The van der Waals surface area contributed by atoms with Crippen molar-refractivity contribution in [3.05, 3.63) is 18.0 Å². The van der Waals surface area contributed by atoms with E-state index >= 15 is 0 Å². The van der Waals surface area contributed by atoms with E-state index in [1.54, 1.807) is 6.20 Å². The highest BCUT2D eigenvalue weighted by molar-refractivity contribution is 5.86. The van der Waals surface area contributed by atoms with Crippen LogP contribution in [0.25, 0.3) is 0 Å². The molecule has 7 heteroatoms. The summed E-state index contributed by atoms with van der Waals surface area (Å²) >= 11 is 0. The number of hydrogen-bond acceptors (Lipinski definition) is 3. The molecule has 1 saturated carbocycles. The van der Waals surface area contributed by atoms with E-state index in [0.717, 1.165) is 51.6 Å². The smallest absolute Gasteiger partial charge is 0.242 e. The molecule has 2 heterocycles. The number of rotatable bonds is 2. The maximum Gasteiger partial charge on any atom is 0.242 e. The number of aromatic amines is 1. The zero-order valence-electron chi connectivity index (χ0n) is 12.8. The molecule has 3 N–H and O–H groups in total. The van der Waals surface area contributed by atoms with E-state index < -0.39 is 5.54 Å². The standard InChI is InChI=1S/C15H24N4O.2ClH/c16-15(7-2-1-3-8-15)14(20)19-10-5-12(6-11-19)13-4-9-17-18-13;;/h4,9,12H,1-3,5-8,10-11,16H2,(H,17,18);2*1H. The predicted octanol–water partition coefficient (Wildman–Crippen LogP) is 2.62. The maximum atomic E-state index is 12.6. The lowest BCUT2D eigenvalue weighted by Crippen LogP contribution is -2.57. The number of carbonyl (C=O) groups is 1. The Morgan fingerprint density at radius 2 is 1.86 bits per heavy atom. The fourth-order valence-electron chi connectivity index (χ4n) is 3.60. The molecular weight excluding hydrogens is 323 g/mol. The molecule has 1 aliphatic carbocycles. The largest absolute Gasteiger partial charge is 0.341 e. The number of nitrogens with one attached hydrogen (secondary N) is 1. The van der Waals surface area contributed by atoms with Crippen LogP contribution in [0.5, 0.6) is 0 Å². The molecule has 1 aromatic heterocycles. The average molecular weight is 349 g/mol. The van der Waals surface area contributed by atoms with Crippen LogP contribution in [0.1, 0.15) is 56.6 Å².